The first kappa shape index (κ1) is 17.9. The van der Waals surface area contributed by atoms with Crippen LogP contribution in [-0.4, -0.2) is 17.5 Å². The highest BCUT2D eigenvalue weighted by molar-refractivity contribution is 6.04. The third-order valence-electron chi connectivity index (χ3n) is 4.83. The Bertz CT molecular complexity index is 1340. The van der Waals surface area contributed by atoms with Crippen molar-refractivity contribution >= 4 is 33.5 Å². The number of nitrogens with one attached hydrogen (secondary N) is 1. The van der Waals surface area contributed by atoms with Gasteiger partial charge in [0, 0.05) is 5.39 Å². The number of carbonyl (C=O) groups is 1. The summed E-state index contributed by atoms with van der Waals surface area (Å²) in [4.78, 5) is 17.2. The number of rotatable bonds is 5. The second kappa shape index (κ2) is 7.72. The molecule has 0 aliphatic heterocycles. The second-order valence-corrected chi connectivity index (χ2v) is 6.85. The Labute approximate surface area is 172 Å². The van der Waals surface area contributed by atoms with Crippen molar-refractivity contribution in [1.82, 2.24) is 4.98 Å². The van der Waals surface area contributed by atoms with Crippen LogP contribution in [-0.2, 0) is 4.79 Å². The number of para-hydroxylation sites is 2. The van der Waals surface area contributed by atoms with E-state index in [0.717, 1.165) is 16.3 Å². The van der Waals surface area contributed by atoms with Gasteiger partial charge < -0.3 is 14.5 Å². The van der Waals surface area contributed by atoms with Gasteiger partial charge in [0.2, 0.25) is 5.89 Å². The third-order valence-corrected chi connectivity index (χ3v) is 4.83. The van der Waals surface area contributed by atoms with E-state index in [1.807, 2.05) is 91.0 Å². The second-order valence-electron chi connectivity index (χ2n) is 6.85. The maximum atomic E-state index is 12.4. The number of amides is 1. The summed E-state index contributed by atoms with van der Waals surface area (Å²) >= 11 is 0. The number of nitrogens with zero attached hydrogens (tertiary/aromatic N) is 1. The van der Waals surface area contributed by atoms with E-state index in [0.29, 0.717) is 28.5 Å². The van der Waals surface area contributed by atoms with Crippen molar-refractivity contribution in [1.29, 1.82) is 0 Å². The Morgan fingerprint density at radius 2 is 1.63 bits per heavy atom. The summed E-state index contributed by atoms with van der Waals surface area (Å²) in [6.45, 7) is -0.0868. The lowest BCUT2D eigenvalue weighted by molar-refractivity contribution is -0.118. The molecule has 5 nitrogen and oxygen atoms in total. The van der Waals surface area contributed by atoms with Crippen molar-refractivity contribution in [2.24, 2.45) is 0 Å². The summed E-state index contributed by atoms with van der Waals surface area (Å²) < 4.78 is 11.6. The number of anilines is 1. The summed E-state index contributed by atoms with van der Waals surface area (Å²) in [6.07, 6.45) is 0. The molecule has 0 aliphatic carbocycles. The third kappa shape index (κ3) is 3.49. The molecule has 1 aromatic heterocycles. The average Bonchev–Trinajstić information content (AvgIpc) is 3.23. The summed E-state index contributed by atoms with van der Waals surface area (Å²) in [6, 6.07) is 28.7. The van der Waals surface area contributed by atoms with Crippen LogP contribution < -0.4 is 10.1 Å². The molecule has 0 bridgehead atoms. The Morgan fingerprint density at radius 3 is 2.53 bits per heavy atom. The molecule has 0 atom stereocenters. The Balaban J connectivity index is 1.43. The van der Waals surface area contributed by atoms with E-state index < -0.39 is 0 Å². The molecule has 0 unspecified atom stereocenters. The van der Waals surface area contributed by atoms with Gasteiger partial charge in [-0.05, 0) is 35.7 Å². The molecule has 0 saturated carbocycles. The predicted molar refractivity (Wildman–Crippen MR) is 118 cm³/mol. The van der Waals surface area contributed by atoms with Crippen LogP contribution in [0.4, 0.5) is 5.69 Å². The predicted octanol–water partition coefficient (Wildman–Crippen LogP) is 5.67. The van der Waals surface area contributed by atoms with E-state index in [4.69, 9.17) is 14.1 Å². The number of fused-ring (bicyclic) bond motifs is 3. The van der Waals surface area contributed by atoms with E-state index in [1.165, 1.54) is 0 Å². The number of benzene rings is 4. The van der Waals surface area contributed by atoms with Crippen molar-refractivity contribution in [3.05, 3.63) is 91.0 Å². The van der Waals surface area contributed by atoms with Crippen LogP contribution in [0.25, 0.3) is 33.3 Å². The molecule has 0 fully saturated rings. The van der Waals surface area contributed by atoms with Crippen LogP contribution in [0.15, 0.2) is 95.4 Å². The molecular weight excluding hydrogens is 376 g/mol. The highest BCUT2D eigenvalue weighted by atomic mass is 16.5. The van der Waals surface area contributed by atoms with Crippen molar-refractivity contribution in [2.45, 2.75) is 0 Å². The smallest absolute Gasteiger partial charge is 0.262 e. The minimum absolute atomic E-state index is 0.0868. The molecule has 0 aliphatic rings. The van der Waals surface area contributed by atoms with Gasteiger partial charge in [-0.3, -0.25) is 4.79 Å². The molecule has 0 spiro atoms. The van der Waals surface area contributed by atoms with Gasteiger partial charge in [-0.1, -0.05) is 60.7 Å². The maximum Gasteiger partial charge on any atom is 0.262 e. The van der Waals surface area contributed by atoms with Crippen LogP contribution in [0.2, 0.25) is 0 Å². The lowest BCUT2D eigenvalue weighted by atomic mass is 10.1. The monoisotopic (exact) mass is 394 g/mol. The standard InChI is InChI=1S/C25H18N2O3/c28-23(16-29-18-9-2-1-3-10-18)26-21-13-7-6-12-20(21)25-27-24-19-11-5-4-8-17(19)14-15-22(24)30-25/h1-15H,16H2,(H,26,28). The Kier molecular flexibility index (Phi) is 4.62. The van der Waals surface area contributed by atoms with Gasteiger partial charge >= 0.3 is 0 Å². The maximum absolute atomic E-state index is 12.4. The van der Waals surface area contributed by atoms with Crippen molar-refractivity contribution in [2.75, 3.05) is 11.9 Å². The molecular formula is C25H18N2O3. The molecule has 30 heavy (non-hydrogen) atoms. The lowest BCUT2D eigenvalue weighted by Crippen LogP contribution is -2.20. The zero-order valence-electron chi connectivity index (χ0n) is 16.0. The average molecular weight is 394 g/mol. The van der Waals surface area contributed by atoms with Gasteiger partial charge in [-0.15, -0.1) is 0 Å². The van der Waals surface area contributed by atoms with Crippen molar-refractivity contribution in [3.8, 4) is 17.2 Å². The van der Waals surface area contributed by atoms with Crippen LogP contribution in [0.3, 0.4) is 0 Å². The molecule has 5 aromatic rings. The molecule has 5 heteroatoms. The minimum Gasteiger partial charge on any atom is -0.484 e. The number of hydrogen-bond acceptors (Lipinski definition) is 4. The fourth-order valence-electron chi connectivity index (χ4n) is 3.41. The van der Waals surface area contributed by atoms with E-state index in [9.17, 15) is 4.79 Å². The summed E-state index contributed by atoms with van der Waals surface area (Å²) in [7, 11) is 0. The van der Waals surface area contributed by atoms with Gasteiger partial charge in [0.1, 0.15) is 11.3 Å². The molecule has 5 rings (SSSR count). The first-order valence-electron chi connectivity index (χ1n) is 9.63. The Hall–Kier alpha value is -4.12. The molecule has 0 radical (unpaired) electrons. The van der Waals surface area contributed by atoms with Crippen LogP contribution in [0.1, 0.15) is 0 Å². The van der Waals surface area contributed by atoms with Gasteiger partial charge in [-0.25, -0.2) is 4.98 Å². The number of ether oxygens (including phenoxy) is 1. The Morgan fingerprint density at radius 1 is 0.867 bits per heavy atom. The van der Waals surface area contributed by atoms with E-state index >= 15 is 0 Å². The zero-order valence-corrected chi connectivity index (χ0v) is 16.0. The van der Waals surface area contributed by atoms with Gasteiger partial charge in [0.05, 0.1) is 11.3 Å². The number of aromatic nitrogens is 1. The van der Waals surface area contributed by atoms with Gasteiger partial charge in [0.25, 0.3) is 5.91 Å². The molecule has 0 saturated heterocycles. The van der Waals surface area contributed by atoms with Crippen LogP contribution in [0.5, 0.6) is 5.75 Å². The molecule has 4 aromatic carbocycles. The first-order chi connectivity index (χ1) is 14.8. The fraction of sp³-hybridized carbons (Fsp3) is 0.0400. The largest absolute Gasteiger partial charge is 0.484 e. The number of hydrogen-bond donors (Lipinski definition) is 1. The number of oxazole rings is 1. The number of carbonyl (C=O) groups excluding carboxylic acids is 1. The van der Waals surface area contributed by atoms with Crippen LogP contribution >= 0.6 is 0 Å². The highest BCUT2D eigenvalue weighted by Crippen LogP contribution is 2.33. The van der Waals surface area contributed by atoms with E-state index in [2.05, 4.69) is 5.32 Å². The topological polar surface area (TPSA) is 64.4 Å². The quantitative estimate of drug-likeness (QED) is 0.417. The molecule has 1 heterocycles. The minimum atomic E-state index is -0.257. The zero-order chi connectivity index (χ0) is 20.3. The highest BCUT2D eigenvalue weighted by Gasteiger charge is 2.15. The molecule has 146 valence electrons. The molecule has 1 N–H and O–H groups in total. The normalized spacial score (nSPS) is 10.9. The fourth-order valence-corrected chi connectivity index (χ4v) is 3.41. The lowest BCUT2D eigenvalue weighted by Gasteiger charge is -2.10. The first-order valence-corrected chi connectivity index (χ1v) is 9.63. The van der Waals surface area contributed by atoms with Gasteiger partial charge in [-0.2, -0.15) is 0 Å². The SMILES string of the molecule is O=C(COc1ccccc1)Nc1ccccc1-c1nc2c(ccc3ccccc32)o1. The van der Waals surface area contributed by atoms with Crippen molar-refractivity contribution < 1.29 is 13.9 Å². The van der Waals surface area contributed by atoms with E-state index in [-0.39, 0.29) is 12.5 Å². The summed E-state index contributed by atoms with van der Waals surface area (Å²) in [5.41, 5.74) is 2.84. The molecule has 1 amide bonds. The summed E-state index contributed by atoms with van der Waals surface area (Å²) in [5.74, 6) is 0.848. The van der Waals surface area contributed by atoms with Gasteiger partial charge in [0.15, 0.2) is 12.2 Å². The van der Waals surface area contributed by atoms with E-state index in [1.54, 1.807) is 0 Å². The van der Waals surface area contributed by atoms with Crippen LogP contribution in [0, 0.1) is 0 Å². The van der Waals surface area contributed by atoms with Crippen molar-refractivity contribution in [3.63, 3.8) is 0 Å². The summed E-state index contributed by atoms with van der Waals surface area (Å²) in [5, 5.41) is 5.03.